The predicted molar refractivity (Wildman–Crippen MR) is 139 cm³/mol. The van der Waals surface area contributed by atoms with Crippen molar-refractivity contribution in [2.24, 2.45) is 5.73 Å². The van der Waals surface area contributed by atoms with Crippen molar-refractivity contribution in [3.63, 3.8) is 0 Å². The summed E-state index contributed by atoms with van der Waals surface area (Å²) < 4.78 is 0. The Hall–Kier alpha value is -4.31. The van der Waals surface area contributed by atoms with Crippen molar-refractivity contribution in [2.75, 3.05) is 25.6 Å². The number of carbonyl (C=O) groups excluding carboxylic acids is 1. The lowest BCUT2D eigenvalue weighted by Gasteiger charge is -2.20. The summed E-state index contributed by atoms with van der Waals surface area (Å²) in [5.41, 5.74) is 11.5. The minimum absolute atomic E-state index is 0.0351. The molecule has 0 aliphatic heterocycles. The molecule has 0 aliphatic carbocycles. The molecule has 212 valence electrons. The molecule has 1 atom stereocenters. The van der Waals surface area contributed by atoms with Gasteiger partial charge in [-0.2, -0.15) is 4.98 Å². The number of nitrogen functional groups attached to an aromatic ring is 1. The first-order chi connectivity index (χ1) is 18.4. The van der Waals surface area contributed by atoms with Crippen LogP contribution in [-0.2, 0) is 22.4 Å². The third-order valence-electron chi connectivity index (χ3n) is 5.74. The van der Waals surface area contributed by atoms with Gasteiger partial charge in [-0.1, -0.05) is 12.1 Å². The highest BCUT2D eigenvalue weighted by molar-refractivity contribution is 5.96. The number of nitrogens with two attached hydrogens (primary N) is 2. The number of hydrogen-bond acceptors (Lipinski definition) is 10. The maximum atomic E-state index is 12.3. The van der Waals surface area contributed by atoms with Crippen LogP contribution in [0, 0.1) is 0 Å². The van der Waals surface area contributed by atoms with Crippen LogP contribution in [0.3, 0.4) is 0 Å². The fourth-order valence-electron chi connectivity index (χ4n) is 3.34. The van der Waals surface area contributed by atoms with Crippen LogP contribution in [0.2, 0.25) is 0 Å². The van der Waals surface area contributed by atoms with E-state index < -0.39 is 49.2 Å². The van der Waals surface area contributed by atoms with Crippen LogP contribution in [0.5, 0.6) is 0 Å². The molecule has 0 bridgehead atoms. The van der Waals surface area contributed by atoms with Crippen LogP contribution >= 0.6 is 0 Å². The van der Waals surface area contributed by atoms with Crippen molar-refractivity contribution in [3.8, 4) is 0 Å². The average molecular weight is 549 g/mol. The number of amides is 1. The van der Waals surface area contributed by atoms with Crippen LogP contribution < -0.4 is 22.3 Å². The van der Waals surface area contributed by atoms with Crippen molar-refractivity contribution in [3.05, 3.63) is 57.5 Å². The molecule has 0 saturated carbocycles. The highest BCUT2D eigenvalue weighted by Crippen LogP contribution is 2.16. The van der Waals surface area contributed by atoms with Gasteiger partial charge in [-0.15, -0.1) is 0 Å². The second-order valence-corrected chi connectivity index (χ2v) is 8.82. The molecule has 2 heterocycles. The maximum absolute atomic E-state index is 12.3. The van der Waals surface area contributed by atoms with E-state index in [9.17, 15) is 19.2 Å². The molecule has 0 aliphatic rings. The monoisotopic (exact) mass is 548 g/mol. The summed E-state index contributed by atoms with van der Waals surface area (Å²) in [5, 5.41) is 45.6. The van der Waals surface area contributed by atoms with E-state index >= 15 is 0 Å². The van der Waals surface area contributed by atoms with E-state index in [-0.39, 0.29) is 29.9 Å². The van der Waals surface area contributed by atoms with E-state index in [1.807, 2.05) is 0 Å². The van der Waals surface area contributed by atoms with Gasteiger partial charge in [0.1, 0.15) is 11.7 Å². The molecule has 1 aromatic carbocycles. The first-order valence-corrected chi connectivity index (χ1v) is 11.7. The third kappa shape index (κ3) is 8.89. The number of fused-ring (bicyclic) bond motifs is 1. The van der Waals surface area contributed by atoms with Crippen molar-refractivity contribution in [2.45, 2.75) is 37.3 Å². The summed E-state index contributed by atoms with van der Waals surface area (Å²) in [6, 6.07) is 5.30. The number of nitrogens with zero attached hydrogens (tertiary/aromatic N) is 1. The van der Waals surface area contributed by atoms with Gasteiger partial charge in [0, 0.05) is 18.2 Å². The smallest absolute Gasteiger partial charge is 0.326 e. The molecule has 0 unspecified atom stereocenters. The normalized spacial score (nSPS) is 11.9. The fourth-order valence-corrected chi connectivity index (χ4v) is 3.34. The van der Waals surface area contributed by atoms with E-state index in [1.165, 1.54) is 0 Å². The van der Waals surface area contributed by atoms with E-state index in [1.54, 1.807) is 30.5 Å². The zero-order valence-electron chi connectivity index (χ0n) is 20.9. The Morgan fingerprint density at radius 2 is 1.64 bits per heavy atom. The quantitative estimate of drug-likeness (QED) is 0.122. The SMILES string of the molecule is NC(CO)(CO)CO.Nc1nc2[nH]cc(CCc3ccc(C(=O)N[C@@H](CCC(=O)O)C(=O)O)cc3)c2c(=O)[nH]1. The second-order valence-electron chi connectivity index (χ2n) is 8.82. The number of benzene rings is 1. The molecule has 12 N–H and O–H groups in total. The summed E-state index contributed by atoms with van der Waals surface area (Å²) >= 11 is 0. The Bertz CT molecular complexity index is 1320. The summed E-state index contributed by atoms with van der Waals surface area (Å²) in [4.78, 5) is 55.7. The van der Waals surface area contributed by atoms with E-state index in [4.69, 9.17) is 37.0 Å². The van der Waals surface area contributed by atoms with E-state index in [2.05, 4.69) is 20.3 Å². The number of carbonyl (C=O) groups is 3. The van der Waals surface area contributed by atoms with Crippen LogP contribution in [0.15, 0.2) is 35.3 Å². The van der Waals surface area contributed by atoms with Gasteiger partial charge in [-0.25, -0.2) is 4.79 Å². The standard InChI is InChI=1S/C20H21N5O6.C4H11NO3/c21-20-24-16-15(18(29)25-20)12(9-22-16)6-3-10-1-4-11(5-2-10)17(28)23-13(19(30)31)7-8-14(26)27;5-4(1-6,2-7)3-8/h1-2,4-5,9,13H,3,6-8H2,(H,23,28)(H,26,27)(H,30,31)(H4,21,22,24,25,29);6-8H,1-3,5H2/t13-;/m0./s1. The number of carboxylic acids is 2. The first kappa shape index (κ1) is 30.9. The number of rotatable bonds is 12. The van der Waals surface area contributed by atoms with Crippen molar-refractivity contribution in [1.29, 1.82) is 0 Å². The summed E-state index contributed by atoms with van der Waals surface area (Å²) in [6.07, 6.45) is 2.27. The van der Waals surface area contributed by atoms with Gasteiger partial charge in [0.2, 0.25) is 5.95 Å². The van der Waals surface area contributed by atoms with Gasteiger partial charge in [0.25, 0.3) is 11.5 Å². The summed E-state index contributed by atoms with van der Waals surface area (Å²) in [7, 11) is 0. The summed E-state index contributed by atoms with van der Waals surface area (Å²) in [5.74, 6) is -3.00. The topological polar surface area (TPSA) is 278 Å². The number of aromatic nitrogens is 3. The number of aromatic amines is 2. The van der Waals surface area contributed by atoms with Gasteiger partial charge in [0.15, 0.2) is 0 Å². The fraction of sp³-hybridized carbons (Fsp3) is 0.375. The molecule has 0 spiro atoms. The lowest BCUT2D eigenvalue weighted by molar-refractivity contribution is -0.140. The Balaban J connectivity index is 0.000000580. The van der Waals surface area contributed by atoms with Gasteiger partial charge < -0.3 is 47.3 Å². The number of hydrogen-bond donors (Lipinski definition) is 10. The molecule has 0 radical (unpaired) electrons. The second kappa shape index (κ2) is 14.0. The molecule has 39 heavy (non-hydrogen) atoms. The Kier molecular flexibility index (Phi) is 11.1. The number of nitrogens with one attached hydrogen (secondary N) is 3. The number of H-pyrrole nitrogens is 2. The van der Waals surface area contributed by atoms with E-state index in [0.717, 1.165) is 11.1 Å². The van der Waals surface area contributed by atoms with Crippen molar-refractivity contribution < 1.29 is 39.9 Å². The van der Waals surface area contributed by atoms with Gasteiger partial charge in [-0.05, 0) is 42.5 Å². The third-order valence-corrected chi connectivity index (χ3v) is 5.74. The molecule has 0 fully saturated rings. The molecular weight excluding hydrogens is 516 g/mol. The first-order valence-electron chi connectivity index (χ1n) is 11.7. The molecule has 15 heteroatoms. The highest BCUT2D eigenvalue weighted by Gasteiger charge is 2.22. The molecule has 3 rings (SSSR count). The number of aliphatic hydroxyl groups is 3. The number of aliphatic hydroxyl groups excluding tert-OH is 3. The van der Waals surface area contributed by atoms with Crippen LogP contribution in [0.1, 0.15) is 34.3 Å². The molecule has 1 amide bonds. The molecular formula is C24H32N6O9. The minimum Gasteiger partial charge on any atom is -0.481 e. The van der Waals surface area contributed by atoms with Crippen LogP contribution in [0.4, 0.5) is 5.95 Å². The Morgan fingerprint density at radius 3 is 2.15 bits per heavy atom. The Labute approximate surface area is 221 Å². The zero-order valence-corrected chi connectivity index (χ0v) is 20.9. The number of aryl methyl sites for hydroxylation is 2. The molecule has 3 aromatic rings. The number of carboxylic acid groups (broad SMARTS) is 2. The molecule has 2 aromatic heterocycles. The minimum atomic E-state index is -1.30. The number of aliphatic carboxylic acids is 2. The van der Waals surface area contributed by atoms with Crippen molar-refractivity contribution >= 4 is 34.8 Å². The lowest BCUT2D eigenvalue weighted by atomic mass is 10.0. The Morgan fingerprint density at radius 1 is 1.03 bits per heavy atom. The maximum Gasteiger partial charge on any atom is 0.326 e. The van der Waals surface area contributed by atoms with Gasteiger partial charge >= 0.3 is 11.9 Å². The van der Waals surface area contributed by atoms with Crippen molar-refractivity contribution in [1.82, 2.24) is 20.3 Å². The molecule has 15 nitrogen and oxygen atoms in total. The largest absolute Gasteiger partial charge is 0.481 e. The molecule has 0 saturated heterocycles. The lowest BCUT2D eigenvalue weighted by Crippen LogP contribution is -2.50. The van der Waals surface area contributed by atoms with Gasteiger partial charge in [-0.3, -0.25) is 19.4 Å². The number of anilines is 1. The summed E-state index contributed by atoms with van der Waals surface area (Å²) in [6.45, 7) is -1.21. The van der Waals surface area contributed by atoms with Crippen LogP contribution in [-0.4, -0.2) is 89.7 Å². The zero-order chi connectivity index (χ0) is 29.2. The van der Waals surface area contributed by atoms with Gasteiger partial charge in [0.05, 0.1) is 30.7 Å². The van der Waals surface area contributed by atoms with Crippen LogP contribution in [0.25, 0.3) is 11.0 Å². The highest BCUT2D eigenvalue weighted by atomic mass is 16.4. The predicted octanol–water partition coefficient (Wildman–Crippen LogP) is -1.67. The average Bonchev–Trinajstić information content (AvgIpc) is 3.32. The van der Waals surface area contributed by atoms with E-state index in [0.29, 0.717) is 23.9 Å².